The highest BCUT2D eigenvalue weighted by Gasteiger charge is 2.23. The van der Waals surface area contributed by atoms with Crippen molar-refractivity contribution in [3.05, 3.63) is 35.9 Å². The van der Waals surface area contributed by atoms with Crippen LogP contribution in [0.1, 0.15) is 19.4 Å². The van der Waals surface area contributed by atoms with E-state index in [2.05, 4.69) is 58.6 Å². The third-order valence-electron chi connectivity index (χ3n) is 4.29. The lowest BCUT2D eigenvalue weighted by Gasteiger charge is -2.37. The van der Waals surface area contributed by atoms with E-state index in [1.807, 2.05) is 13.1 Å². The fraction of sp³-hybridized carbons (Fsp3) is 0.611. The Morgan fingerprint density at radius 3 is 2.48 bits per heavy atom. The fourth-order valence-corrected chi connectivity index (χ4v) is 2.90. The number of hydrogen-bond acceptors (Lipinski definition) is 3. The van der Waals surface area contributed by atoms with Crippen LogP contribution in [0.2, 0.25) is 0 Å². The summed E-state index contributed by atoms with van der Waals surface area (Å²) < 4.78 is 5.47. The van der Waals surface area contributed by atoms with Gasteiger partial charge >= 0.3 is 0 Å². The van der Waals surface area contributed by atoms with Gasteiger partial charge < -0.3 is 15.4 Å². The SMILES string of the molecule is CN=C(NCc1ccccc1)NCC(C(C)C)N1CCOCC1. The van der Waals surface area contributed by atoms with Crippen LogP contribution in [0.15, 0.2) is 35.3 Å². The molecule has 1 aliphatic rings. The maximum absolute atomic E-state index is 5.47. The first kappa shape index (κ1) is 17.8. The Hall–Kier alpha value is -1.59. The molecule has 0 saturated carbocycles. The molecule has 0 aromatic heterocycles. The number of aliphatic imine (C=N–C) groups is 1. The summed E-state index contributed by atoms with van der Waals surface area (Å²) in [5.41, 5.74) is 1.25. The zero-order valence-corrected chi connectivity index (χ0v) is 14.6. The van der Waals surface area contributed by atoms with Gasteiger partial charge in [-0.2, -0.15) is 0 Å². The molecule has 1 aromatic rings. The van der Waals surface area contributed by atoms with Gasteiger partial charge in [-0.15, -0.1) is 0 Å². The molecule has 1 aromatic carbocycles. The number of ether oxygens (including phenoxy) is 1. The summed E-state index contributed by atoms with van der Waals surface area (Å²) in [5, 5.41) is 6.85. The Bertz CT molecular complexity index is 469. The van der Waals surface area contributed by atoms with E-state index in [0.717, 1.165) is 45.4 Å². The van der Waals surface area contributed by atoms with Crippen molar-refractivity contribution in [2.45, 2.75) is 26.4 Å². The van der Waals surface area contributed by atoms with Gasteiger partial charge in [-0.25, -0.2) is 0 Å². The van der Waals surface area contributed by atoms with Crippen molar-refractivity contribution in [1.29, 1.82) is 0 Å². The highest BCUT2D eigenvalue weighted by Crippen LogP contribution is 2.12. The third-order valence-corrected chi connectivity index (χ3v) is 4.29. The average Bonchev–Trinajstić information content (AvgIpc) is 2.59. The lowest BCUT2D eigenvalue weighted by atomic mass is 10.0. The molecule has 0 spiro atoms. The van der Waals surface area contributed by atoms with Crippen LogP contribution < -0.4 is 10.6 Å². The van der Waals surface area contributed by atoms with Gasteiger partial charge in [-0.1, -0.05) is 44.2 Å². The lowest BCUT2D eigenvalue weighted by molar-refractivity contribution is 0.00752. The van der Waals surface area contributed by atoms with Crippen LogP contribution in [-0.2, 0) is 11.3 Å². The minimum absolute atomic E-state index is 0.495. The first-order valence-corrected chi connectivity index (χ1v) is 8.51. The molecule has 1 heterocycles. The second-order valence-corrected chi connectivity index (χ2v) is 6.25. The minimum atomic E-state index is 0.495. The molecule has 128 valence electrons. The van der Waals surface area contributed by atoms with Crippen molar-refractivity contribution >= 4 is 5.96 Å². The molecule has 23 heavy (non-hydrogen) atoms. The molecule has 1 fully saturated rings. The van der Waals surface area contributed by atoms with Crippen LogP contribution in [0, 0.1) is 5.92 Å². The molecule has 2 N–H and O–H groups in total. The molecule has 5 heteroatoms. The average molecular weight is 318 g/mol. The number of nitrogens with zero attached hydrogens (tertiary/aromatic N) is 2. The van der Waals surface area contributed by atoms with Crippen LogP contribution in [-0.4, -0.2) is 56.8 Å². The molecule has 1 saturated heterocycles. The fourth-order valence-electron chi connectivity index (χ4n) is 2.90. The third kappa shape index (κ3) is 5.84. The number of guanidine groups is 1. The molecule has 1 unspecified atom stereocenters. The normalized spacial score (nSPS) is 18.0. The number of rotatable bonds is 6. The van der Waals surface area contributed by atoms with E-state index in [1.54, 1.807) is 0 Å². The van der Waals surface area contributed by atoms with E-state index in [-0.39, 0.29) is 0 Å². The number of hydrogen-bond donors (Lipinski definition) is 2. The van der Waals surface area contributed by atoms with Gasteiger partial charge in [-0.05, 0) is 11.5 Å². The van der Waals surface area contributed by atoms with Gasteiger partial charge in [-0.3, -0.25) is 9.89 Å². The molecule has 0 amide bonds. The topological polar surface area (TPSA) is 48.9 Å². The second kappa shape index (κ2) is 9.53. The van der Waals surface area contributed by atoms with Crippen molar-refractivity contribution in [3.8, 4) is 0 Å². The molecule has 2 rings (SSSR count). The summed E-state index contributed by atoms with van der Waals surface area (Å²) in [6, 6.07) is 10.9. The monoisotopic (exact) mass is 318 g/mol. The van der Waals surface area contributed by atoms with Gasteiger partial charge in [0.15, 0.2) is 5.96 Å². The smallest absolute Gasteiger partial charge is 0.191 e. The molecule has 0 bridgehead atoms. The molecule has 5 nitrogen and oxygen atoms in total. The van der Waals surface area contributed by atoms with Crippen LogP contribution >= 0.6 is 0 Å². The first-order valence-electron chi connectivity index (χ1n) is 8.51. The van der Waals surface area contributed by atoms with E-state index < -0.39 is 0 Å². The summed E-state index contributed by atoms with van der Waals surface area (Å²) in [4.78, 5) is 6.85. The Kier molecular flexibility index (Phi) is 7.36. The Labute approximate surface area is 140 Å². The maximum Gasteiger partial charge on any atom is 0.191 e. The van der Waals surface area contributed by atoms with Crippen molar-refractivity contribution in [1.82, 2.24) is 15.5 Å². The van der Waals surface area contributed by atoms with Gasteiger partial charge in [0.25, 0.3) is 0 Å². The molecule has 1 atom stereocenters. The first-order chi connectivity index (χ1) is 11.2. The predicted molar refractivity (Wildman–Crippen MR) is 95.7 cm³/mol. The second-order valence-electron chi connectivity index (χ2n) is 6.25. The molecule has 1 aliphatic heterocycles. The summed E-state index contributed by atoms with van der Waals surface area (Å²) >= 11 is 0. The van der Waals surface area contributed by atoms with Crippen molar-refractivity contribution < 1.29 is 4.74 Å². The predicted octanol–water partition coefficient (Wildman–Crippen LogP) is 1.71. The Balaban J connectivity index is 1.82. The summed E-state index contributed by atoms with van der Waals surface area (Å²) in [5.74, 6) is 1.44. The molecular weight excluding hydrogens is 288 g/mol. The standard InChI is InChI=1S/C18H30N4O/c1-15(2)17(22-9-11-23-12-10-22)14-21-18(19-3)20-13-16-7-5-4-6-8-16/h4-8,15,17H,9-14H2,1-3H3,(H2,19,20,21). The zero-order valence-electron chi connectivity index (χ0n) is 14.6. The van der Waals surface area contributed by atoms with Crippen molar-refractivity contribution in [3.63, 3.8) is 0 Å². The number of benzene rings is 1. The highest BCUT2D eigenvalue weighted by atomic mass is 16.5. The van der Waals surface area contributed by atoms with Crippen LogP contribution in [0.4, 0.5) is 0 Å². The summed E-state index contributed by atoms with van der Waals surface area (Å²) in [7, 11) is 1.82. The van der Waals surface area contributed by atoms with Crippen LogP contribution in [0.25, 0.3) is 0 Å². The van der Waals surface area contributed by atoms with Crippen molar-refractivity contribution in [2.24, 2.45) is 10.9 Å². The Morgan fingerprint density at radius 2 is 1.87 bits per heavy atom. The zero-order chi connectivity index (χ0) is 16.5. The van der Waals surface area contributed by atoms with E-state index in [0.29, 0.717) is 12.0 Å². The molecular formula is C18H30N4O. The van der Waals surface area contributed by atoms with Crippen molar-refractivity contribution in [2.75, 3.05) is 39.9 Å². The largest absolute Gasteiger partial charge is 0.379 e. The number of nitrogens with one attached hydrogen (secondary N) is 2. The maximum atomic E-state index is 5.47. The summed E-state index contributed by atoms with van der Waals surface area (Å²) in [6.45, 7) is 9.94. The van der Waals surface area contributed by atoms with Gasteiger partial charge in [0, 0.05) is 39.3 Å². The Morgan fingerprint density at radius 1 is 1.17 bits per heavy atom. The van der Waals surface area contributed by atoms with Gasteiger partial charge in [0.1, 0.15) is 0 Å². The molecule has 0 aliphatic carbocycles. The van der Waals surface area contributed by atoms with Gasteiger partial charge in [0.2, 0.25) is 0 Å². The highest BCUT2D eigenvalue weighted by molar-refractivity contribution is 5.79. The molecule has 0 radical (unpaired) electrons. The van der Waals surface area contributed by atoms with Crippen LogP contribution in [0.3, 0.4) is 0 Å². The van der Waals surface area contributed by atoms with E-state index >= 15 is 0 Å². The van der Waals surface area contributed by atoms with E-state index in [1.165, 1.54) is 5.56 Å². The van der Waals surface area contributed by atoms with E-state index in [4.69, 9.17) is 4.74 Å². The minimum Gasteiger partial charge on any atom is -0.379 e. The number of morpholine rings is 1. The summed E-state index contributed by atoms with van der Waals surface area (Å²) in [6.07, 6.45) is 0. The quantitative estimate of drug-likeness (QED) is 0.619. The lowest BCUT2D eigenvalue weighted by Crippen LogP contribution is -2.52. The van der Waals surface area contributed by atoms with Crippen LogP contribution in [0.5, 0.6) is 0 Å². The van der Waals surface area contributed by atoms with Gasteiger partial charge in [0.05, 0.1) is 13.2 Å². The van der Waals surface area contributed by atoms with E-state index in [9.17, 15) is 0 Å².